The largest absolute Gasteiger partial charge is 0.311 e. The van der Waals surface area contributed by atoms with E-state index >= 15 is 0 Å². The molecule has 0 amide bonds. The molecular weight excluding hydrogens is 1590 g/mol. The highest BCUT2D eigenvalue weighted by atomic mass is 15.2. The zero-order chi connectivity index (χ0) is 87.4. The highest BCUT2D eigenvalue weighted by Gasteiger charge is 2.26. The predicted octanol–water partition coefficient (Wildman–Crippen LogP) is 34.9. The van der Waals surface area contributed by atoms with Gasteiger partial charge in [-0.25, -0.2) is 0 Å². The Morgan fingerprint density at radius 2 is 0.267 bits per heavy atom. The summed E-state index contributed by atoms with van der Waals surface area (Å²) in [5, 5.41) is 4.89. The van der Waals surface area contributed by atoms with E-state index in [1.165, 1.54) is 38.2 Å². The molecule has 0 fully saturated rings. The van der Waals surface area contributed by atoms with Crippen molar-refractivity contribution >= 4 is 158 Å². The van der Waals surface area contributed by atoms with Crippen molar-refractivity contribution < 1.29 is 0 Å². The number of benzene rings is 21. The molecule has 21 aromatic carbocycles. The molecule has 0 saturated carbocycles. The lowest BCUT2D eigenvalue weighted by Crippen LogP contribution is -2.14. The molecule has 0 saturated heterocycles. The molecular formula is C123H92N8. The van der Waals surface area contributed by atoms with Crippen molar-refractivity contribution in [2.45, 2.75) is 5.92 Å². The van der Waals surface area contributed by atoms with E-state index < -0.39 is 0 Å². The van der Waals surface area contributed by atoms with Crippen LogP contribution in [0.25, 0.3) is 21.5 Å². The quantitative estimate of drug-likeness (QED) is 0.0470. The Morgan fingerprint density at radius 3 is 0.519 bits per heavy atom. The first kappa shape index (κ1) is 80.6. The van der Waals surface area contributed by atoms with Gasteiger partial charge in [-0.05, 0) is 318 Å². The van der Waals surface area contributed by atoms with E-state index in [0.29, 0.717) is 0 Å². The van der Waals surface area contributed by atoms with Crippen LogP contribution < -0.4 is 39.2 Å². The summed E-state index contributed by atoms with van der Waals surface area (Å²) in [4.78, 5) is 18.7. The Bertz CT molecular complexity index is 6890. The van der Waals surface area contributed by atoms with Gasteiger partial charge in [0.2, 0.25) is 0 Å². The number of fused-ring (bicyclic) bond motifs is 2. The highest BCUT2D eigenvalue weighted by molar-refractivity contribution is 6.00. The van der Waals surface area contributed by atoms with Gasteiger partial charge in [-0.15, -0.1) is 0 Å². The van der Waals surface area contributed by atoms with Crippen molar-refractivity contribution in [2.75, 3.05) is 39.2 Å². The van der Waals surface area contributed by atoms with E-state index in [0.717, 1.165) is 136 Å². The average molecular weight is 1680 g/mol. The molecule has 0 spiro atoms. The minimum absolute atomic E-state index is 0.0418. The zero-order valence-electron chi connectivity index (χ0n) is 72.2. The van der Waals surface area contributed by atoms with E-state index in [1.54, 1.807) is 0 Å². The van der Waals surface area contributed by atoms with Crippen LogP contribution in [-0.4, -0.2) is 0 Å². The average Bonchev–Trinajstić information content (AvgIpc) is 0.768. The van der Waals surface area contributed by atoms with Gasteiger partial charge in [0.05, 0.1) is 5.69 Å². The molecule has 0 radical (unpaired) electrons. The van der Waals surface area contributed by atoms with E-state index in [9.17, 15) is 0 Å². The topological polar surface area (TPSA) is 25.9 Å². The second-order valence-corrected chi connectivity index (χ2v) is 32.5. The lowest BCUT2D eigenvalue weighted by atomic mass is 9.83. The monoisotopic (exact) mass is 1680 g/mol. The maximum atomic E-state index is 2.35. The standard InChI is InChI=1S/C123H92N8/c1-10-36-94(37-11-1)123(121-58-32-38-92-34-28-30-56-119(92)121)95-60-62-104(63-61-95)124(96-40-12-2-13-41-96)105-64-66-106(67-65-105)125(97-42-14-3-15-43-97)107-68-70-108(71-69-107)126(98-44-16-4-17-45-98)109-72-74-110(75-73-109)127(99-46-18-5-19-47-99)111-76-78-112(79-77-111)128(100-48-20-6-21-49-100)113-80-82-114(83-81-113)129(101-50-22-7-23-51-101)115-84-86-116(87-85-115)130(102-52-24-8-25-53-102)117-88-90-118(91-89-117)131(103-54-26-9-27-55-103)122-59-33-39-93-35-29-31-57-120(93)122/h1-91,123H. The van der Waals surface area contributed by atoms with Gasteiger partial charge in [-0.2, -0.15) is 0 Å². The summed E-state index contributed by atoms with van der Waals surface area (Å²) in [7, 11) is 0. The third-order valence-electron chi connectivity index (χ3n) is 24.4. The maximum Gasteiger partial charge on any atom is 0.0540 e. The molecule has 0 aliphatic heterocycles. The van der Waals surface area contributed by atoms with Crippen molar-refractivity contribution in [3.05, 3.63) is 569 Å². The molecule has 8 heteroatoms. The highest BCUT2D eigenvalue weighted by Crippen LogP contribution is 2.49. The summed E-state index contributed by atoms with van der Waals surface area (Å²) < 4.78 is 0. The van der Waals surface area contributed by atoms with Crippen molar-refractivity contribution in [1.29, 1.82) is 0 Å². The van der Waals surface area contributed by atoms with Crippen LogP contribution in [0, 0.1) is 0 Å². The second kappa shape index (κ2) is 37.4. The maximum absolute atomic E-state index is 2.35. The Morgan fingerprint density at radius 1 is 0.107 bits per heavy atom. The first-order valence-corrected chi connectivity index (χ1v) is 44.6. The molecule has 21 rings (SSSR count). The third kappa shape index (κ3) is 17.0. The zero-order valence-corrected chi connectivity index (χ0v) is 72.2. The molecule has 131 heavy (non-hydrogen) atoms. The molecule has 1 unspecified atom stereocenters. The number of hydrogen-bond donors (Lipinski definition) is 0. The molecule has 0 aliphatic rings. The lowest BCUT2D eigenvalue weighted by Gasteiger charge is -2.30. The van der Waals surface area contributed by atoms with Crippen LogP contribution in [-0.2, 0) is 0 Å². The Hall–Kier alpha value is -17.5. The third-order valence-corrected chi connectivity index (χ3v) is 24.4. The van der Waals surface area contributed by atoms with Gasteiger partial charge >= 0.3 is 0 Å². The van der Waals surface area contributed by atoms with E-state index in [2.05, 4.69) is 591 Å². The van der Waals surface area contributed by atoms with Gasteiger partial charge in [0.1, 0.15) is 0 Å². The molecule has 0 heterocycles. The van der Waals surface area contributed by atoms with Crippen LogP contribution in [0.4, 0.5) is 136 Å². The number of hydrogen-bond acceptors (Lipinski definition) is 8. The predicted molar refractivity (Wildman–Crippen MR) is 553 cm³/mol. The summed E-state index contributed by atoms with van der Waals surface area (Å²) in [5.74, 6) is 0.0418. The summed E-state index contributed by atoms with van der Waals surface area (Å²) >= 11 is 0. The SMILES string of the molecule is c1ccc(C(c2ccc(N(c3ccccc3)c3ccc(N(c4ccccc4)c4ccc(N(c5ccccc5)c5ccc(N(c6ccccc6)c6ccc(N(c7ccccc7)c7ccc(N(c8ccccc8)c8ccc(N(c9ccccc9)c9ccc(N(c%10ccccc%10)c%10cccc%11ccccc%10%11)cc9)cc8)cc7)cc6)cc5)cc4)cc3)cc2)c2cccc3ccccc23)cc1. The summed E-state index contributed by atoms with van der Waals surface area (Å²) in [6, 6.07) is 198. The molecule has 21 aromatic rings. The van der Waals surface area contributed by atoms with Crippen LogP contribution in [0.15, 0.2) is 552 Å². The first-order chi connectivity index (χ1) is 65.0. The fourth-order valence-electron chi connectivity index (χ4n) is 18.3. The van der Waals surface area contributed by atoms with Crippen LogP contribution in [0.5, 0.6) is 0 Å². The van der Waals surface area contributed by atoms with Crippen LogP contribution >= 0.6 is 0 Å². The second-order valence-electron chi connectivity index (χ2n) is 32.5. The molecule has 0 N–H and O–H groups in total. The Balaban J connectivity index is 0.553. The van der Waals surface area contributed by atoms with E-state index in [-0.39, 0.29) is 5.92 Å². The van der Waals surface area contributed by atoms with E-state index in [4.69, 9.17) is 0 Å². The smallest absolute Gasteiger partial charge is 0.0540 e. The molecule has 624 valence electrons. The fraction of sp³-hybridized carbons (Fsp3) is 0.00813. The lowest BCUT2D eigenvalue weighted by molar-refractivity contribution is 0.988. The minimum Gasteiger partial charge on any atom is -0.311 e. The van der Waals surface area contributed by atoms with Crippen LogP contribution in [0.2, 0.25) is 0 Å². The van der Waals surface area contributed by atoms with Crippen LogP contribution in [0.3, 0.4) is 0 Å². The van der Waals surface area contributed by atoms with Gasteiger partial charge in [0.15, 0.2) is 0 Å². The Kier molecular flexibility index (Phi) is 23.0. The van der Waals surface area contributed by atoms with Gasteiger partial charge in [0.25, 0.3) is 0 Å². The number of anilines is 24. The van der Waals surface area contributed by atoms with Crippen molar-refractivity contribution in [2.24, 2.45) is 0 Å². The van der Waals surface area contributed by atoms with Gasteiger partial charge < -0.3 is 39.2 Å². The van der Waals surface area contributed by atoms with Gasteiger partial charge in [-0.1, -0.05) is 267 Å². The Labute approximate surface area is 766 Å². The first-order valence-electron chi connectivity index (χ1n) is 44.6. The summed E-state index contributed by atoms with van der Waals surface area (Å²) in [6.07, 6.45) is 0. The minimum atomic E-state index is 0.0418. The fourth-order valence-corrected chi connectivity index (χ4v) is 18.3. The summed E-state index contributed by atoms with van der Waals surface area (Å²) in [5.41, 5.74) is 28.9. The van der Waals surface area contributed by atoms with Crippen molar-refractivity contribution in [3.8, 4) is 0 Å². The van der Waals surface area contributed by atoms with E-state index in [1.807, 2.05) is 0 Å². The van der Waals surface area contributed by atoms with Crippen molar-refractivity contribution in [3.63, 3.8) is 0 Å². The molecule has 0 aliphatic carbocycles. The molecule has 8 nitrogen and oxygen atoms in total. The van der Waals surface area contributed by atoms with Gasteiger partial charge in [-0.3, -0.25) is 0 Å². The number of para-hydroxylation sites is 8. The molecule has 0 aromatic heterocycles. The number of rotatable bonds is 27. The molecule has 1 atom stereocenters. The van der Waals surface area contributed by atoms with Crippen LogP contribution in [0.1, 0.15) is 22.6 Å². The van der Waals surface area contributed by atoms with Gasteiger partial charge in [0, 0.05) is 142 Å². The normalized spacial score (nSPS) is 11.3. The van der Waals surface area contributed by atoms with Crippen molar-refractivity contribution in [1.82, 2.24) is 0 Å². The molecule has 0 bridgehead atoms. The summed E-state index contributed by atoms with van der Waals surface area (Å²) in [6.45, 7) is 0. The number of nitrogens with zero attached hydrogens (tertiary/aromatic N) is 8.